The van der Waals surface area contributed by atoms with Gasteiger partial charge in [0, 0.05) is 19.1 Å². The van der Waals surface area contributed by atoms with Crippen molar-refractivity contribution in [1.82, 2.24) is 4.90 Å². The summed E-state index contributed by atoms with van der Waals surface area (Å²) in [5.74, 6) is 0. The van der Waals surface area contributed by atoms with Gasteiger partial charge in [-0.25, -0.2) is 0 Å². The average Bonchev–Trinajstić information content (AvgIpc) is 1.95. The molecule has 0 amide bonds. The van der Waals surface area contributed by atoms with Crippen LogP contribution in [0, 0.1) is 11.3 Å². The smallest absolute Gasteiger partial charge is 0.0872 e. The Morgan fingerprint density at radius 1 is 1.67 bits per heavy atom. The maximum absolute atomic E-state index is 9.47. The second-order valence-electron chi connectivity index (χ2n) is 3.83. The molecule has 1 heterocycles. The Kier molecular flexibility index (Phi) is 2.71. The number of likely N-dealkylation sites (tertiary alicyclic amines) is 1. The van der Waals surface area contributed by atoms with Crippen LogP contribution >= 0.6 is 0 Å². The van der Waals surface area contributed by atoms with Crippen LogP contribution < -0.4 is 0 Å². The Hall–Kier alpha value is -0.590. The molecule has 1 N–H and O–H groups in total. The summed E-state index contributed by atoms with van der Waals surface area (Å²) < 4.78 is 0. The summed E-state index contributed by atoms with van der Waals surface area (Å²) in [5.41, 5.74) is -0.511. The molecule has 1 saturated heterocycles. The van der Waals surface area contributed by atoms with Gasteiger partial charge in [0.2, 0.25) is 0 Å². The maximum Gasteiger partial charge on any atom is 0.0872 e. The summed E-state index contributed by atoms with van der Waals surface area (Å²) >= 11 is 0. The van der Waals surface area contributed by atoms with E-state index in [-0.39, 0.29) is 0 Å². The first-order valence-electron chi connectivity index (χ1n) is 4.42. The van der Waals surface area contributed by atoms with Crippen LogP contribution in [0.3, 0.4) is 0 Å². The van der Waals surface area contributed by atoms with E-state index < -0.39 is 5.60 Å². The minimum atomic E-state index is -0.511. The molecule has 1 rings (SSSR count). The Balaban J connectivity index is 2.35. The van der Waals surface area contributed by atoms with Gasteiger partial charge in [0.05, 0.1) is 18.1 Å². The molecule has 0 spiro atoms. The second-order valence-corrected chi connectivity index (χ2v) is 3.83. The van der Waals surface area contributed by atoms with Gasteiger partial charge in [-0.3, -0.25) is 4.90 Å². The lowest BCUT2D eigenvalue weighted by Gasteiger charge is -2.47. The topological polar surface area (TPSA) is 47.3 Å². The average molecular weight is 168 g/mol. The fourth-order valence-electron chi connectivity index (χ4n) is 1.72. The molecule has 0 aromatic heterocycles. The van der Waals surface area contributed by atoms with E-state index in [0.29, 0.717) is 25.6 Å². The molecule has 0 bridgehead atoms. The summed E-state index contributed by atoms with van der Waals surface area (Å²) in [6, 6.07) is 2.51. The van der Waals surface area contributed by atoms with E-state index >= 15 is 0 Å². The molecule has 12 heavy (non-hydrogen) atoms. The molecular formula is C9H16N2O. The van der Waals surface area contributed by atoms with Gasteiger partial charge < -0.3 is 5.11 Å². The standard InChI is InChI=1S/C9H16N2O/c1-3-8(4-5-10)11-6-9(2,12)7-11/h8,12H,3-4,6-7H2,1-2H3. The molecule has 0 aromatic carbocycles. The number of hydrogen-bond acceptors (Lipinski definition) is 3. The molecule has 3 heteroatoms. The van der Waals surface area contributed by atoms with E-state index in [4.69, 9.17) is 5.26 Å². The van der Waals surface area contributed by atoms with Gasteiger partial charge in [0.25, 0.3) is 0 Å². The second kappa shape index (κ2) is 3.42. The van der Waals surface area contributed by atoms with Gasteiger partial charge in [0.15, 0.2) is 0 Å². The quantitative estimate of drug-likeness (QED) is 0.676. The third-order valence-electron chi connectivity index (χ3n) is 2.40. The predicted molar refractivity (Wildman–Crippen MR) is 46.5 cm³/mol. The van der Waals surface area contributed by atoms with Crippen LogP contribution in [0.2, 0.25) is 0 Å². The first-order valence-corrected chi connectivity index (χ1v) is 4.42. The molecule has 0 aromatic rings. The SMILES string of the molecule is CCC(CC#N)N1CC(C)(O)C1. The molecule has 68 valence electrons. The van der Waals surface area contributed by atoms with Crippen molar-refractivity contribution in [1.29, 1.82) is 5.26 Å². The summed E-state index contributed by atoms with van der Waals surface area (Å²) in [7, 11) is 0. The highest BCUT2D eigenvalue weighted by Gasteiger charge is 2.39. The van der Waals surface area contributed by atoms with Crippen molar-refractivity contribution < 1.29 is 5.11 Å². The van der Waals surface area contributed by atoms with Crippen molar-refractivity contribution in [3.05, 3.63) is 0 Å². The van der Waals surface area contributed by atoms with Crippen LogP contribution in [0.4, 0.5) is 0 Å². The Morgan fingerprint density at radius 3 is 2.58 bits per heavy atom. The van der Waals surface area contributed by atoms with Crippen molar-refractivity contribution >= 4 is 0 Å². The molecule has 1 aliphatic rings. The molecular weight excluding hydrogens is 152 g/mol. The minimum Gasteiger partial charge on any atom is -0.388 e. The molecule has 1 fully saturated rings. The van der Waals surface area contributed by atoms with Gasteiger partial charge >= 0.3 is 0 Å². The van der Waals surface area contributed by atoms with Gasteiger partial charge in [-0.2, -0.15) is 5.26 Å². The zero-order chi connectivity index (χ0) is 9.19. The van der Waals surface area contributed by atoms with E-state index in [0.717, 1.165) is 6.42 Å². The molecule has 1 unspecified atom stereocenters. The Labute approximate surface area is 73.6 Å². The van der Waals surface area contributed by atoms with Gasteiger partial charge in [-0.05, 0) is 13.3 Å². The number of rotatable bonds is 3. The lowest BCUT2D eigenvalue weighted by Crippen LogP contribution is -2.62. The van der Waals surface area contributed by atoms with Crippen molar-refractivity contribution in [2.45, 2.75) is 38.3 Å². The van der Waals surface area contributed by atoms with Crippen LogP contribution in [0.1, 0.15) is 26.7 Å². The highest BCUT2D eigenvalue weighted by Crippen LogP contribution is 2.24. The van der Waals surface area contributed by atoms with Crippen LogP contribution in [-0.2, 0) is 0 Å². The van der Waals surface area contributed by atoms with Crippen LogP contribution in [0.15, 0.2) is 0 Å². The molecule has 1 aliphatic heterocycles. The number of hydrogen-bond donors (Lipinski definition) is 1. The molecule has 0 aliphatic carbocycles. The van der Waals surface area contributed by atoms with Crippen molar-refractivity contribution in [2.24, 2.45) is 0 Å². The zero-order valence-corrected chi connectivity index (χ0v) is 7.75. The summed E-state index contributed by atoms with van der Waals surface area (Å²) in [6.07, 6.45) is 1.57. The largest absolute Gasteiger partial charge is 0.388 e. The third kappa shape index (κ3) is 1.96. The normalized spacial score (nSPS) is 24.2. The van der Waals surface area contributed by atoms with Crippen LogP contribution in [-0.4, -0.2) is 34.7 Å². The third-order valence-corrected chi connectivity index (χ3v) is 2.40. The Morgan fingerprint density at radius 2 is 2.25 bits per heavy atom. The molecule has 0 saturated carbocycles. The molecule has 0 radical (unpaired) electrons. The zero-order valence-electron chi connectivity index (χ0n) is 7.75. The number of nitrogens with zero attached hydrogens (tertiary/aromatic N) is 2. The van der Waals surface area contributed by atoms with Crippen molar-refractivity contribution in [2.75, 3.05) is 13.1 Å². The van der Waals surface area contributed by atoms with Crippen LogP contribution in [0.5, 0.6) is 0 Å². The van der Waals surface area contributed by atoms with Gasteiger partial charge in [0.1, 0.15) is 0 Å². The van der Waals surface area contributed by atoms with Crippen molar-refractivity contribution in [3.63, 3.8) is 0 Å². The van der Waals surface area contributed by atoms with Crippen LogP contribution in [0.25, 0.3) is 0 Å². The first-order chi connectivity index (χ1) is 5.59. The first kappa shape index (κ1) is 9.50. The number of β-amino-alcohol motifs (C(OH)–C–C–N with tert-alkyl or cyclic N) is 1. The van der Waals surface area contributed by atoms with E-state index in [1.54, 1.807) is 0 Å². The molecule has 3 nitrogen and oxygen atoms in total. The van der Waals surface area contributed by atoms with Gasteiger partial charge in [-0.1, -0.05) is 6.92 Å². The van der Waals surface area contributed by atoms with E-state index in [2.05, 4.69) is 17.9 Å². The highest BCUT2D eigenvalue weighted by atomic mass is 16.3. The highest BCUT2D eigenvalue weighted by molar-refractivity contribution is 4.96. The fraction of sp³-hybridized carbons (Fsp3) is 0.889. The van der Waals surface area contributed by atoms with E-state index in [9.17, 15) is 5.11 Å². The molecule has 1 atom stereocenters. The van der Waals surface area contributed by atoms with Crippen molar-refractivity contribution in [3.8, 4) is 6.07 Å². The minimum absolute atomic E-state index is 0.343. The lowest BCUT2D eigenvalue weighted by atomic mass is 9.93. The maximum atomic E-state index is 9.47. The number of aliphatic hydroxyl groups is 1. The summed E-state index contributed by atoms with van der Waals surface area (Å²) in [4.78, 5) is 2.17. The van der Waals surface area contributed by atoms with E-state index in [1.807, 2.05) is 6.92 Å². The Bertz CT molecular complexity index is 187. The monoisotopic (exact) mass is 168 g/mol. The van der Waals surface area contributed by atoms with Gasteiger partial charge in [-0.15, -0.1) is 0 Å². The fourth-order valence-corrected chi connectivity index (χ4v) is 1.72. The summed E-state index contributed by atoms with van der Waals surface area (Å²) in [6.45, 7) is 5.35. The summed E-state index contributed by atoms with van der Waals surface area (Å²) in [5, 5.41) is 18.0. The predicted octanol–water partition coefficient (Wildman–Crippen LogP) is 0.745. The number of nitriles is 1. The van der Waals surface area contributed by atoms with E-state index in [1.165, 1.54) is 0 Å². The lowest BCUT2D eigenvalue weighted by molar-refractivity contribution is -0.102.